The van der Waals surface area contributed by atoms with Gasteiger partial charge in [-0.25, -0.2) is 0 Å². The molecule has 0 fully saturated rings. The van der Waals surface area contributed by atoms with Crippen LogP contribution in [0.3, 0.4) is 0 Å². The van der Waals surface area contributed by atoms with E-state index in [0.717, 1.165) is 44.9 Å². The number of allylic oxidation sites excluding steroid dienone is 2. The van der Waals surface area contributed by atoms with Crippen molar-refractivity contribution in [2.24, 2.45) is 0 Å². The minimum absolute atomic E-state index is 0.0114. The minimum atomic E-state index is -0.661. The summed E-state index contributed by atoms with van der Waals surface area (Å²) in [5, 5.41) is 23.4. The van der Waals surface area contributed by atoms with Gasteiger partial charge >= 0.3 is 5.97 Å². The van der Waals surface area contributed by atoms with Crippen LogP contribution in [0.25, 0.3) is 0 Å². The summed E-state index contributed by atoms with van der Waals surface area (Å²) in [6.07, 6.45) is 85.6. The first-order valence-corrected chi connectivity index (χ1v) is 36.4. The lowest BCUT2D eigenvalue weighted by molar-refractivity contribution is -0.143. The van der Waals surface area contributed by atoms with Gasteiger partial charge in [0.1, 0.15) is 0 Å². The van der Waals surface area contributed by atoms with Crippen molar-refractivity contribution >= 4 is 11.9 Å². The summed E-state index contributed by atoms with van der Waals surface area (Å²) in [7, 11) is 0. The molecule has 0 heterocycles. The van der Waals surface area contributed by atoms with Crippen LogP contribution >= 0.6 is 0 Å². The molecule has 0 radical (unpaired) electrons. The smallest absolute Gasteiger partial charge is 0.305 e. The Balaban J connectivity index is 3.33. The maximum atomic E-state index is 12.5. The van der Waals surface area contributed by atoms with Crippen molar-refractivity contribution in [3.8, 4) is 0 Å². The highest BCUT2D eigenvalue weighted by molar-refractivity contribution is 5.76. The van der Waals surface area contributed by atoms with Crippen LogP contribution in [0.15, 0.2) is 12.2 Å². The fraction of sp³-hybridized carbons (Fsp3) is 0.945. The Kier molecular flexibility index (Phi) is 67.9. The van der Waals surface area contributed by atoms with Crippen molar-refractivity contribution in [3.05, 3.63) is 12.2 Å². The van der Waals surface area contributed by atoms with Crippen LogP contribution in [0.1, 0.15) is 418 Å². The van der Waals surface area contributed by atoms with Gasteiger partial charge in [0, 0.05) is 12.8 Å². The Morgan fingerprint density at radius 1 is 0.342 bits per heavy atom. The number of unbranched alkanes of at least 4 members (excludes halogenated alkanes) is 56. The third-order valence-corrected chi connectivity index (χ3v) is 17.3. The van der Waals surface area contributed by atoms with Gasteiger partial charge in [-0.3, -0.25) is 9.59 Å². The summed E-state index contributed by atoms with van der Waals surface area (Å²) in [5.41, 5.74) is 0. The van der Waals surface area contributed by atoms with Crippen molar-refractivity contribution in [1.29, 1.82) is 0 Å². The van der Waals surface area contributed by atoms with Crippen LogP contribution < -0.4 is 5.32 Å². The second-order valence-corrected chi connectivity index (χ2v) is 25.3. The largest absolute Gasteiger partial charge is 0.466 e. The fourth-order valence-electron chi connectivity index (χ4n) is 11.8. The molecular formula is C73H143NO5. The predicted octanol–water partition coefficient (Wildman–Crippen LogP) is 23.5. The van der Waals surface area contributed by atoms with Gasteiger partial charge in [0.05, 0.1) is 25.4 Å². The lowest BCUT2D eigenvalue weighted by atomic mass is 10.0. The van der Waals surface area contributed by atoms with Crippen LogP contribution in [0.5, 0.6) is 0 Å². The molecule has 6 nitrogen and oxygen atoms in total. The average Bonchev–Trinajstić information content (AvgIpc) is 3.45. The Labute approximate surface area is 495 Å². The molecule has 1 amide bonds. The monoisotopic (exact) mass is 1110 g/mol. The van der Waals surface area contributed by atoms with Crippen molar-refractivity contribution in [1.82, 2.24) is 5.32 Å². The highest BCUT2D eigenvalue weighted by Gasteiger charge is 2.20. The first kappa shape index (κ1) is 77.6. The predicted molar refractivity (Wildman–Crippen MR) is 347 cm³/mol. The maximum Gasteiger partial charge on any atom is 0.305 e. The van der Waals surface area contributed by atoms with Gasteiger partial charge in [-0.2, -0.15) is 0 Å². The summed E-state index contributed by atoms with van der Waals surface area (Å²) in [4.78, 5) is 24.6. The molecule has 6 heteroatoms. The fourth-order valence-corrected chi connectivity index (χ4v) is 11.8. The second-order valence-electron chi connectivity index (χ2n) is 25.3. The Morgan fingerprint density at radius 3 is 0.924 bits per heavy atom. The summed E-state index contributed by atoms with van der Waals surface area (Å²) in [6, 6.07) is -0.538. The van der Waals surface area contributed by atoms with Crippen molar-refractivity contribution in [2.45, 2.75) is 431 Å². The van der Waals surface area contributed by atoms with E-state index in [9.17, 15) is 19.8 Å². The number of esters is 1. The molecule has 0 saturated heterocycles. The van der Waals surface area contributed by atoms with E-state index in [1.165, 1.54) is 340 Å². The van der Waals surface area contributed by atoms with E-state index >= 15 is 0 Å². The number of nitrogens with one attached hydrogen (secondary N) is 1. The molecule has 0 spiro atoms. The Morgan fingerprint density at radius 2 is 0.595 bits per heavy atom. The number of carbonyl (C=O) groups is 2. The molecule has 0 aromatic rings. The van der Waals surface area contributed by atoms with Crippen LogP contribution in [-0.4, -0.2) is 47.4 Å². The lowest BCUT2D eigenvalue weighted by Crippen LogP contribution is -2.45. The van der Waals surface area contributed by atoms with E-state index in [2.05, 4.69) is 31.3 Å². The molecular weight excluding hydrogens is 971 g/mol. The van der Waals surface area contributed by atoms with Gasteiger partial charge < -0.3 is 20.3 Å². The van der Waals surface area contributed by atoms with Gasteiger partial charge in [0.15, 0.2) is 0 Å². The summed E-state index contributed by atoms with van der Waals surface area (Å²) in [5.74, 6) is -0.0146. The zero-order valence-electron chi connectivity index (χ0n) is 53.9. The van der Waals surface area contributed by atoms with Crippen LogP contribution in [0, 0.1) is 0 Å². The SMILES string of the molecule is CCCCC/C=C\CCCCCCCC(=O)OCCCCCCCCCCCCCCCCCCCCCCCCCCCCCCCCCC(=O)NC(CO)C(O)CCCCCCCCCCCCCCCCCCCCC. The van der Waals surface area contributed by atoms with E-state index < -0.39 is 12.1 Å². The molecule has 2 atom stereocenters. The highest BCUT2D eigenvalue weighted by atomic mass is 16.5. The molecule has 0 saturated carbocycles. The molecule has 0 aliphatic heterocycles. The first-order valence-electron chi connectivity index (χ1n) is 36.4. The topological polar surface area (TPSA) is 95.9 Å². The highest BCUT2D eigenvalue weighted by Crippen LogP contribution is 2.20. The number of hydrogen-bond donors (Lipinski definition) is 3. The van der Waals surface area contributed by atoms with Gasteiger partial charge in [0.2, 0.25) is 5.91 Å². The van der Waals surface area contributed by atoms with E-state index in [4.69, 9.17) is 4.74 Å². The number of amides is 1. The number of hydrogen-bond acceptors (Lipinski definition) is 5. The number of aliphatic hydroxyl groups is 2. The third-order valence-electron chi connectivity index (χ3n) is 17.3. The Bertz CT molecular complexity index is 1190. The van der Waals surface area contributed by atoms with E-state index in [0.29, 0.717) is 25.9 Å². The first-order chi connectivity index (χ1) is 39.0. The summed E-state index contributed by atoms with van der Waals surface area (Å²) < 4.78 is 5.48. The molecule has 0 aromatic carbocycles. The van der Waals surface area contributed by atoms with E-state index in [-0.39, 0.29) is 18.5 Å². The minimum Gasteiger partial charge on any atom is -0.466 e. The van der Waals surface area contributed by atoms with E-state index in [1.807, 2.05) is 0 Å². The number of aliphatic hydroxyl groups excluding tert-OH is 2. The number of rotatable bonds is 69. The third kappa shape index (κ3) is 65.6. The van der Waals surface area contributed by atoms with Crippen molar-refractivity contribution < 1.29 is 24.5 Å². The zero-order chi connectivity index (χ0) is 57.1. The van der Waals surface area contributed by atoms with Gasteiger partial charge in [-0.15, -0.1) is 0 Å². The zero-order valence-corrected chi connectivity index (χ0v) is 53.9. The van der Waals surface area contributed by atoms with Crippen molar-refractivity contribution in [3.63, 3.8) is 0 Å². The summed E-state index contributed by atoms with van der Waals surface area (Å²) in [6.45, 7) is 4.97. The number of ether oxygens (including phenoxy) is 1. The molecule has 0 aromatic heterocycles. The molecule has 0 aliphatic rings. The maximum absolute atomic E-state index is 12.5. The lowest BCUT2D eigenvalue weighted by Gasteiger charge is -2.22. The Hall–Kier alpha value is -1.40. The molecule has 470 valence electrons. The molecule has 79 heavy (non-hydrogen) atoms. The van der Waals surface area contributed by atoms with Crippen LogP contribution in [0.2, 0.25) is 0 Å². The van der Waals surface area contributed by atoms with Gasteiger partial charge in [-0.05, 0) is 51.4 Å². The molecule has 0 bridgehead atoms. The van der Waals surface area contributed by atoms with Crippen LogP contribution in [0.4, 0.5) is 0 Å². The number of carbonyl (C=O) groups excluding carboxylic acids is 2. The van der Waals surface area contributed by atoms with Gasteiger partial charge in [-0.1, -0.05) is 366 Å². The molecule has 0 aliphatic carbocycles. The molecule has 0 rings (SSSR count). The van der Waals surface area contributed by atoms with Gasteiger partial charge in [0.25, 0.3) is 0 Å². The van der Waals surface area contributed by atoms with E-state index in [1.54, 1.807) is 0 Å². The normalized spacial score (nSPS) is 12.5. The molecule has 2 unspecified atom stereocenters. The standard InChI is InChI=1S/C73H143NO5/c1-3-5-7-9-11-13-15-17-18-19-33-36-39-42-45-49-53-57-61-65-71(76)70(69-75)74-72(77)66-62-58-54-50-46-43-40-37-34-31-29-27-25-23-21-20-22-24-26-28-30-32-35-38-41-44-48-52-56-60-64-68-79-73(78)67-63-59-55-51-47-16-14-12-10-8-6-4-2/h12,14,70-71,75-76H,3-11,13,15-69H2,1-2H3,(H,74,77)/b14-12-. The summed E-state index contributed by atoms with van der Waals surface area (Å²) >= 11 is 0. The quantitative estimate of drug-likeness (QED) is 0.0320. The second kappa shape index (κ2) is 69.1. The molecule has 3 N–H and O–H groups in total. The van der Waals surface area contributed by atoms with Crippen molar-refractivity contribution in [2.75, 3.05) is 13.2 Å². The van der Waals surface area contributed by atoms with Crippen LogP contribution in [-0.2, 0) is 14.3 Å². The average molecular weight is 1110 g/mol.